The molecule has 5 nitrogen and oxygen atoms in total. The Hall–Kier alpha value is -3.55. The first-order valence-corrected chi connectivity index (χ1v) is 8.81. The average molecular weight is 399 g/mol. The van der Waals surface area contributed by atoms with E-state index in [0.29, 0.717) is 22.6 Å². The predicted octanol–water partition coefficient (Wildman–Crippen LogP) is 4.17. The molecule has 0 aliphatic carbocycles. The van der Waals surface area contributed by atoms with Crippen molar-refractivity contribution in [3.63, 3.8) is 0 Å². The van der Waals surface area contributed by atoms with Gasteiger partial charge < -0.3 is 9.88 Å². The van der Waals surface area contributed by atoms with E-state index in [2.05, 4.69) is 4.98 Å². The molecule has 0 saturated heterocycles. The summed E-state index contributed by atoms with van der Waals surface area (Å²) < 4.78 is 41.5. The molecule has 0 bridgehead atoms. The normalized spacial score (nSPS) is 13.6. The number of hydrogen-bond donors (Lipinski definition) is 1. The number of fused-ring (bicyclic) bond motifs is 1. The zero-order valence-corrected chi connectivity index (χ0v) is 15.6. The van der Waals surface area contributed by atoms with Gasteiger partial charge in [-0.15, -0.1) is 0 Å². The summed E-state index contributed by atoms with van der Waals surface area (Å²) in [5.74, 6) is -3.20. The SMILES string of the molecule is Cc1cc(F)ccc1N1CN(c2ccc(=O)[nH]c2C)C(=O)c2cc(F)c(F)cc21. The molecule has 3 aromatic rings. The first kappa shape index (κ1) is 18.8. The number of pyridine rings is 1. The molecule has 4 rings (SSSR count). The highest BCUT2D eigenvalue weighted by Gasteiger charge is 2.34. The van der Waals surface area contributed by atoms with Gasteiger partial charge in [-0.2, -0.15) is 0 Å². The summed E-state index contributed by atoms with van der Waals surface area (Å²) in [7, 11) is 0. The number of benzene rings is 2. The summed E-state index contributed by atoms with van der Waals surface area (Å²) in [5, 5.41) is 0. The van der Waals surface area contributed by atoms with Crippen molar-refractivity contribution in [1.29, 1.82) is 0 Å². The van der Waals surface area contributed by atoms with Crippen molar-refractivity contribution >= 4 is 23.0 Å². The molecule has 0 spiro atoms. The Balaban J connectivity index is 1.93. The molecule has 1 aromatic heterocycles. The topological polar surface area (TPSA) is 56.4 Å². The number of H-pyrrole nitrogens is 1. The van der Waals surface area contributed by atoms with Crippen molar-refractivity contribution in [2.75, 3.05) is 16.5 Å². The molecule has 0 radical (unpaired) electrons. The Morgan fingerprint density at radius 3 is 2.21 bits per heavy atom. The highest BCUT2D eigenvalue weighted by molar-refractivity contribution is 6.12. The van der Waals surface area contributed by atoms with E-state index < -0.39 is 23.4 Å². The van der Waals surface area contributed by atoms with Gasteiger partial charge in [-0.1, -0.05) is 0 Å². The van der Waals surface area contributed by atoms with Crippen molar-refractivity contribution in [3.8, 4) is 0 Å². The summed E-state index contributed by atoms with van der Waals surface area (Å²) in [6.45, 7) is 3.29. The fourth-order valence-electron chi connectivity index (χ4n) is 3.53. The van der Waals surface area contributed by atoms with E-state index in [-0.39, 0.29) is 23.5 Å². The van der Waals surface area contributed by atoms with Gasteiger partial charge in [0, 0.05) is 23.5 Å². The van der Waals surface area contributed by atoms with Crippen LogP contribution in [-0.4, -0.2) is 17.6 Å². The van der Waals surface area contributed by atoms with Gasteiger partial charge in [0.2, 0.25) is 5.56 Å². The molecule has 0 saturated carbocycles. The van der Waals surface area contributed by atoms with E-state index in [1.165, 1.54) is 35.2 Å². The number of aryl methyl sites for hydroxylation is 2. The van der Waals surface area contributed by atoms with E-state index in [0.717, 1.165) is 12.1 Å². The van der Waals surface area contributed by atoms with Gasteiger partial charge in [-0.05, 0) is 49.7 Å². The molecule has 1 N–H and O–H groups in total. The molecule has 0 atom stereocenters. The van der Waals surface area contributed by atoms with Crippen LogP contribution < -0.4 is 15.4 Å². The standard InChI is InChI=1S/C21H16F3N3O2/c1-11-7-13(22)3-4-17(11)26-10-27(18-5-6-20(28)25-12(18)2)21(29)14-8-15(23)16(24)9-19(14)26/h3-9H,10H2,1-2H3,(H,25,28). The average Bonchev–Trinajstić information content (AvgIpc) is 2.65. The van der Waals surface area contributed by atoms with Crippen LogP contribution in [0.4, 0.5) is 30.2 Å². The molecule has 0 fully saturated rings. The van der Waals surface area contributed by atoms with Gasteiger partial charge in [-0.3, -0.25) is 14.5 Å². The molecule has 148 valence electrons. The van der Waals surface area contributed by atoms with Crippen molar-refractivity contribution in [1.82, 2.24) is 4.98 Å². The molecule has 1 aliphatic heterocycles. The Kier molecular flexibility index (Phi) is 4.41. The van der Waals surface area contributed by atoms with E-state index in [9.17, 15) is 22.8 Å². The fraction of sp³-hybridized carbons (Fsp3) is 0.143. The Labute approximate surface area is 164 Å². The fourth-order valence-corrected chi connectivity index (χ4v) is 3.53. The van der Waals surface area contributed by atoms with E-state index in [4.69, 9.17) is 0 Å². The minimum Gasteiger partial charge on any atom is -0.324 e. The summed E-state index contributed by atoms with van der Waals surface area (Å²) in [6.07, 6.45) is 0. The number of nitrogens with zero attached hydrogens (tertiary/aromatic N) is 2. The number of carbonyl (C=O) groups is 1. The van der Waals surface area contributed by atoms with Gasteiger partial charge in [0.1, 0.15) is 12.5 Å². The third-order valence-electron chi connectivity index (χ3n) is 4.92. The number of nitrogens with one attached hydrogen (secondary N) is 1. The minimum atomic E-state index is -1.15. The van der Waals surface area contributed by atoms with Gasteiger partial charge in [0.25, 0.3) is 5.91 Å². The number of anilines is 3. The van der Waals surface area contributed by atoms with Crippen LogP contribution in [-0.2, 0) is 0 Å². The lowest BCUT2D eigenvalue weighted by Gasteiger charge is -2.39. The van der Waals surface area contributed by atoms with E-state index >= 15 is 0 Å². The highest BCUT2D eigenvalue weighted by Crippen LogP contribution is 2.38. The lowest BCUT2D eigenvalue weighted by molar-refractivity contribution is 0.0982. The smallest absolute Gasteiger partial charge is 0.262 e. The maximum absolute atomic E-state index is 14.0. The van der Waals surface area contributed by atoms with Gasteiger partial charge in [-0.25, -0.2) is 13.2 Å². The molecule has 2 heterocycles. The minimum absolute atomic E-state index is 0.0315. The number of aromatic amines is 1. The molecule has 1 aliphatic rings. The lowest BCUT2D eigenvalue weighted by atomic mass is 10.0. The van der Waals surface area contributed by atoms with Crippen molar-refractivity contribution in [3.05, 3.63) is 87.1 Å². The molecular weight excluding hydrogens is 383 g/mol. The lowest BCUT2D eigenvalue weighted by Crippen LogP contribution is -2.46. The monoisotopic (exact) mass is 399 g/mol. The number of hydrogen-bond acceptors (Lipinski definition) is 3. The quantitative estimate of drug-likeness (QED) is 0.704. The Morgan fingerprint density at radius 2 is 1.52 bits per heavy atom. The van der Waals surface area contributed by atoms with Crippen LogP contribution in [0.2, 0.25) is 0 Å². The molecular formula is C21H16F3N3O2. The van der Waals surface area contributed by atoms with Crippen LogP contribution >= 0.6 is 0 Å². The number of amides is 1. The number of aromatic nitrogens is 1. The predicted molar refractivity (Wildman–Crippen MR) is 103 cm³/mol. The third-order valence-corrected chi connectivity index (χ3v) is 4.92. The molecule has 0 unspecified atom stereocenters. The first-order chi connectivity index (χ1) is 13.8. The van der Waals surface area contributed by atoms with Gasteiger partial charge >= 0.3 is 0 Å². The van der Waals surface area contributed by atoms with Gasteiger partial charge in [0.05, 0.1) is 16.9 Å². The van der Waals surface area contributed by atoms with E-state index in [1.807, 2.05) is 0 Å². The van der Waals surface area contributed by atoms with Crippen LogP contribution in [0, 0.1) is 31.3 Å². The number of halogens is 3. The highest BCUT2D eigenvalue weighted by atomic mass is 19.2. The largest absolute Gasteiger partial charge is 0.324 e. The molecule has 2 aromatic carbocycles. The van der Waals surface area contributed by atoms with Crippen LogP contribution in [0.3, 0.4) is 0 Å². The summed E-state index contributed by atoms with van der Waals surface area (Å²) in [4.78, 5) is 30.2. The van der Waals surface area contributed by atoms with Crippen LogP contribution in [0.5, 0.6) is 0 Å². The van der Waals surface area contributed by atoms with E-state index in [1.54, 1.807) is 18.7 Å². The second-order valence-electron chi connectivity index (χ2n) is 6.85. The Bertz CT molecular complexity index is 1210. The summed E-state index contributed by atoms with van der Waals surface area (Å²) in [5.41, 5.74) is 1.80. The van der Waals surface area contributed by atoms with Crippen molar-refractivity contribution in [2.45, 2.75) is 13.8 Å². The maximum atomic E-state index is 14.0. The van der Waals surface area contributed by atoms with Crippen molar-refractivity contribution < 1.29 is 18.0 Å². The number of carbonyl (C=O) groups excluding carboxylic acids is 1. The molecule has 8 heteroatoms. The Morgan fingerprint density at radius 1 is 0.828 bits per heavy atom. The zero-order chi connectivity index (χ0) is 20.9. The zero-order valence-electron chi connectivity index (χ0n) is 15.6. The second kappa shape index (κ2) is 6.80. The summed E-state index contributed by atoms with van der Waals surface area (Å²) >= 11 is 0. The molecule has 1 amide bonds. The van der Waals surface area contributed by atoms with Crippen molar-refractivity contribution in [2.24, 2.45) is 0 Å². The van der Waals surface area contributed by atoms with Crippen LogP contribution in [0.1, 0.15) is 21.6 Å². The van der Waals surface area contributed by atoms with Crippen LogP contribution in [0.15, 0.2) is 47.3 Å². The van der Waals surface area contributed by atoms with Gasteiger partial charge in [0.15, 0.2) is 11.6 Å². The third kappa shape index (κ3) is 3.16. The second-order valence-corrected chi connectivity index (χ2v) is 6.85. The number of rotatable bonds is 2. The first-order valence-electron chi connectivity index (χ1n) is 8.81. The molecule has 29 heavy (non-hydrogen) atoms. The van der Waals surface area contributed by atoms with Crippen LogP contribution in [0.25, 0.3) is 0 Å². The summed E-state index contributed by atoms with van der Waals surface area (Å²) in [6, 6.07) is 8.68. The maximum Gasteiger partial charge on any atom is 0.262 e.